The maximum Gasteiger partial charge on any atom is 0.228 e. The topological polar surface area (TPSA) is 82.4 Å². The van der Waals surface area contributed by atoms with Gasteiger partial charge in [0.2, 0.25) is 5.95 Å². The second-order valence-electron chi connectivity index (χ2n) is 6.88. The summed E-state index contributed by atoms with van der Waals surface area (Å²) < 4.78 is 26.6. The molecular formula is C18H22F2N4O2. The number of aromatic nitrogens is 3. The van der Waals surface area contributed by atoms with E-state index in [0.717, 1.165) is 12.1 Å². The van der Waals surface area contributed by atoms with Crippen LogP contribution < -0.4 is 4.90 Å². The van der Waals surface area contributed by atoms with Gasteiger partial charge in [-0.05, 0) is 42.9 Å². The fourth-order valence-electron chi connectivity index (χ4n) is 3.67. The van der Waals surface area contributed by atoms with Gasteiger partial charge >= 0.3 is 0 Å². The summed E-state index contributed by atoms with van der Waals surface area (Å²) in [6.07, 6.45) is 0.145. The van der Waals surface area contributed by atoms with Gasteiger partial charge in [0.05, 0.1) is 18.2 Å². The van der Waals surface area contributed by atoms with Gasteiger partial charge in [-0.2, -0.15) is 4.98 Å². The first-order valence-electron chi connectivity index (χ1n) is 8.49. The smallest absolute Gasteiger partial charge is 0.228 e. The van der Waals surface area contributed by atoms with Gasteiger partial charge in [-0.25, -0.2) is 18.7 Å². The summed E-state index contributed by atoms with van der Waals surface area (Å²) >= 11 is 0. The zero-order valence-electron chi connectivity index (χ0n) is 14.8. The van der Waals surface area contributed by atoms with Gasteiger partial charge in [-0.1, -0.05) is 13.0 Å². The van der Waals surface area contributed by atoms with Crippen LogP contribution in [0.4, 0.5) is 14.7 Å². The Balaban J connectivity index is 1.81. The van der Waals surface area contributed by atoms with E-state index < -0.39 is 23.8 Å². The lowest BCUT2D eigenvalue weighted by atomic mass is 9.87. The molecule has 1 aromatic carbocycles. The number of aryl methyl sites for hydroxylation is 1. The molecule has 0 saturated heterocycles. The number of benzene rings is 1. The molecule has 5 atom stereocenters. The number of likely N-dealkylation sites (N-methyl/N-ethyl adjacent to an activating group) is 1. The van der Waals surface area contributed by atoms with E-state index in [1.807, 2.05) is 6.92 Å². The lowest BCUT2D eigenvalue weighted by molar-refractivity contribution is 0.0553. The molecular weight excluding hydrogens is 342 g/mol. The molecule has 0 unspecified atom stereocenters. The van der Waals surface area contributed by atoms with Crippen LogP contribution in [0.25, 0.3) is 0 Å². The van der Waals surface area contributed by atoms with Crippen LogP contribution in [-0.2, 0) is 0 Å². The molecule has 0 spiro atoms. The third kappa shape index (κ3) is 3.39. The highest BCUT2D eigenvalue weighted by Gasteiger charge is 2.45. The van der Waals surface area contributed by atoms with Crippen molar-refractivity contribution in [2.24, 2.45) is 11.8 Å². The van der Waals surface area contributed by atoms with Crippen molar-refractivity contribution in [3.63, 3.8) is 0 Å². The molecule has 0 amide bonds. The molecule has 8 heteroatoms. The summed E-state index contributed by atoms with van der Waals surface area (Å²) in [6, 6.07) is 3.07. The Morgan fingerprint density at radius 1 is 1.23 bits per heavy atom. The van der Waals surface area contributed by atoms with Gasteiger partial charge in [0.15, 0.2) is 11.6 Å². The van der Waals surface area contributed by atoms with Crippen LogP contribution in [-0.4, -0.2) is 44.4 Å². The minimum Gasteiger partial charge on any atom is -0.391 e. The first-order chi connectivity index (χ1) is 12.3. The third-order valence-corrected chi connectivity index (χ3v) is 5.31. The van der Waals surface area contributed by atoms with Crippen molar-refractivity contribution < 1.29 is 19.0 Å². The maximum absolute atomic E-state index is 13.5. The van der Waals surface area contributed by atoms with E-state index in [9.17, 15) is 19.0 Å². The number of anilines is 1. The molecule has 1 aliphatic carbocycles. The number of hydrogen-bond acceptors (Lipinski definition) is 6. The highest BCUT2D eigenvalue weighted by atomic mass is 19.2. The zero-order chi connectivity index (χ0) is 19.0. The molecule has 2 N–H and O–H groups in total. The van der Waals surface area contributed by atoms with E-state index >= 15 is 0 Å². The molecule has 1 saturated carbocycles. The number of aliphatic hydroxyl groups is 2. The van der Waals surface area contributed by atoms with Crippen LogP contribution in [0.5, 0.6) is 0 Å². The Morgan fingerprint density at radius 3 is 2.62 bits per heavy atom. The fraction of sp³-hybridized carbons (Fsp3) is 0.500. The number of nitrogens with zero attached hydrogens (tertiary/aromatic N) is 4. The van der Waals surface area contributed by atoms with E-state index in [1.165, 1.54) is 12.4 Å². The minimum atomic E-state index is -1.01. The van der Waals surface area contributed by atoms with E-state index in [2.05, 4.69) is 15.0 Å². The Hall–Kier alpha value is -2.19. The molecule has 0 aliphatic heterocycles. The normalized spacial score (nSPS) is 26.7. The van der Waals surface area contributed by atoms with Crippen molar-refractivity contribution >= 4 is 5.95 Å². The van der Waals surface area contributed by atoms with Crippen LogP contribution in [0.15, 0.2) is 24.5 Å². The highest BCUT2D eigenvalue weighted by Crippen LogP contribution is 2.42. The molecule has 3 rings (SSSR count). The first-order valence-corrected chi connectivity index (χ1v) is 8.49. The second kappa shape index (κ2) is 7.20. The minimum absolute atomic E-state index is 0.242. The molecule has 2 aromatic rings. The van der Waals surface area contributed by atoms with Gasteiger partial charge in [0.1, 0.15) is 12.2 Å². The summed E-state index contributed by atoms with van der Waals surface area (Å²) in [5, 5.41) is 21.3. The Kier molecular flexibility index (Phi) is 5.15. The van der Waals surface area contributed by atoms with Gasteiger partial charge in [-0.3, -0.25) is 0 Å². The number of halogens is 2. The Morgan fingerprint density at radius 2 is 1.96 bits per heavy atom. The third-order valence-electron chi connectivity index (χ3n) is 5.31. The molecule has 26 heavy (non-hydrogen) atoms. The van der Waals surface area contributed by atoms with Crippen LogP contribution in [0.2, 0.25) is 0 Å². The number of hydrogen-bond donors (Lipinski definition) is 2. The molecule has 1 aliphatic rings. The Labute approximate surface area is 150 Å². The molecule has 0 bridgehead atoms. The van der Waals surface area contributed by atoms with Gasteiger partial charge in [-0.15, -0.1) is 0 Å². The monoisotopic (exact) mass is 364 g/mol. The average molecular weight is 364 g/mol. The summed E-state index contributed by atoms with van der Waals surface area (Å²) in [5.41, 5.74) is 0.298. The summed E-state index contributed by atoms with van der Waals surface area (Å²) in [6.45, 7) is 3.59. The zero-order valence-corrected chi connectivity index (χ0v) is 14.8. The lowest BCUT2D eigenvalue weighted by Crippen LogP contribution is -2.40. The van der Waals surface area contributed by atoms with E-state index in [4.69, 9.17) is 0 Å². The van der Waals surface area contributed by atoms with Crippen molar-refractivity contribution in [3.8, 4) is 0 Å². The summed E-state index contributed by atoms with van der Waals surface area (Å²) in [5.74, 6) is -1.50. The van der Waals surface area contributed by atoms with Crippen LogP contribution in [0.1, 0.15) is 30.8 Å². The summed E-state index contributed by atoms with van der Waals surface area (Å²) in [7, 11) is 1.78. The molecule has 1 aromatic heterocycles. The largest absolute Gasteiger partial charge is 0.391 e. The first kappa shape index (κ1) is 18.6. The standard InChI is InChI=1S/C18H22F2N4O2/c1-9-12(17(26)11-4-5-13(19)14(20)6-11)7-15(16(9)25)24(3)18-22-8-21-10(2)23-18/h4-6,8-9,12,15-17,25-26H,7H2,1-3H3/t9-,12+,15-,16-,17-/m1/s1. The molecule has 0 radical (unpaired) electrons. The van der Waals surface area contributed by atoms with Crippen LogP contribution in [0, 0.1) is 30.4 Å². The van der Waals surface area contributed by atoms with E-state index in [0.29, 0.717) is 23.8 Å². The fourth-order valence-corrected chi connectivity index (χ4v) is 3.67. The number of rotatable bonds is 4. The predicted molar refractivity (Wildman–Crippen MR) is 91.4 cm³/mol. The van der Waals surface area contributed by atoms with Crippen molar-refractivity contribution in [1.29, 1.82) is 0 Å². The van der Waals surface area contributed by atoms with Crippen molar-refractivity contribution in [1.82, 2.24) is 15.0 Å². The van der Waals surface area contributed by atoms with Gasteiger partial charge in [0, 0.05) is 7.05 Å². The SMILES string of the molecule is Cc1ncnc(N(C)[C@@H]2C[C@H]([C@H](O)c3ccc(F)c(F)c3)[C@@H](C)[C@H]2O)n1. The quantitative estimate of drug-likeness (QED) is 0.864. The van der Waals surface area contributed by atoms with Gasteiger partial charge < -0.3 is 15.1 Å². The van der Waals surface area contributed by atoms with Gasteiger partial charge in [0.25, 0.3) is 0 Å². The number of aliphatic hydroxyl groups excluding tert-OH is 2. The second-order valence-corrected chi connectivity index (χ2v) is 6.88. The predicted octanol–water partition coefficient (Wildman–Crippen LogP) is 2.01. The van der Waals surface area contributed by atoms with Crippen molar-refractivity contribution in [3.05, 3.63) is 47.5 Å². The van der Waals surface area contributed by atoms with Crippen molar-refractivity contribution in [2.75, 3.05) is 11.9 Å². The lowest BCUT2D eigenvalue weighted by Gasteiger charge is -2.27. The molecule has 6 nitrogen and oxygen atoms in total. The van der Waals surface area contributed by atoms with Crippen LogP contribution >= 0.6 is 0 Å². The highest BCUT2D eigenvalue weighted by molar-refractivity contribution is 5.31. The average Bonchev–Trinajstić information content (AvgIpc) is 2.91. The van der Waals surface area contributed by atoms with Crippen LogP contribution in [0.3, 0.4) is 0 Å². The molecule has 140 valence electrons. The van der Waals surface area contributed by atoms with E-state index in [1.54, 1.807) is 18.9 Å². The molecule has 1 heterocycles. The Bertz CT molecular complexity index is 792. The summed E-state index contributed by atoms with van der Waals surface area (Å²) in [4.78, 5) is 14.1. The van der Waals surface area contributed by atoms with E-state index in [-0.39, 0.29) is 17.9 Å². The maximum atomic E-state index is 13.5. The van der Waals surface area contributed by atoms with Crippen molar-refractivity contribution in [2.45, 2.75) is 38.5 Å². The molecule has 1 fully saturated rings.